The Kier molecular flexibility index (Phi) is 4.28. The molecule has 0 spiro atoms. The summed E-state index contributed by atoms with van der Waals surface area (Å²) in [5, 5.41) is 0. The molecule has 0 aliphatic carbocycles. The summed E-state index contributed by atoms with van der Waals surface area (Å²) < 4.78 is 0. The molecule has 2 rings (SSSR count). The predicted molar refractivity (Wildman–Crippen MR) is 64.8 cm³/mol. The summed E-state index contributed by atoms with van der Waals surface area (Å²) in [6.07, 6.45) is 1.80. The van der Waals surface area contributed by atoms with Crippen LogP contribution in [0.5, 0.6) is 0 Å². The van der Waals surface area contributed by atoms with Crippen molar-refractivity contribution in [3.8, 4) is 11.3 Å². The largest absolute Gasteiger partial charge is 0.326 e. The van der Waals surface area contributed by atoms with Gasteiger partial charge in [-0.2, -0.15) is 0 Å². The van der Waals surface area contributed by atoms with Crippen molar-refractivity contribution in [1.29, 1.82) is 0 Å². The van der Waals surface area contributed by atoms with Crippen LogP contribution < -0.4 is 5.73 Å². The Morgan fingerprint density at radius 3 is 2.27 bits per heavy atom. The summed E-state index contributed by atoms with van der Waals surface area (Å²) in [6, 6.07) is 14.1. The molecule has 3 heteroatoms. The molecular formula is C12H13ClN2. The number of aromatic nitrogens is 1. The van der Waals surface area contributed by atoms with E-state index in [1.165, 1.54) is 0 Å². The van der Waals surface area contributed by atoms with Crippen molar-refractivity contribution in [1.82, 2.24) is 4.98 Å². The van der Waals surface area contributed by atoms with Gasteiger partial charge in [-0.05, 0) is 17.7 Å². The highest BCUT2D eigenvalue weighted by molar-refractivity contribution is 5.85. The molecule has 0 aliphatic heterocycles. The molecule has 0 atom stereocenters. The molecule has 1 aromatic heterocycles. The van der Waals surface area contributed by atoms with Gasteiger partial charge in [0.15, 0.2) is 0 Å². The summed E-state index contributed by atoms with van der Waals surface area (Å²) in [7, 11) is 0. The van der Waals surface area contributed by atoms with E-state index in [1.54, 1.807) is 6.20 Å². The first kappa shape index (κ1) is 11.7. The number of halogens is 1. The lowest BCUT2D eigenvalue weighted by Gasteiger charge is -2.01. The van der Waals surface area contributed by atoms with E-state index < -0.39 is 0 Å². The van der Waals surface area contributed by atoms with Gasteiger partial charge in [-0.15, -0.1) is 12.4 Å². The van der Waals surface area contributed by atoms with E-state index in [0.717, 1.165) is 16.8 Å². The van der Waals surface area contributed by atoms with Crippen LogP contribution in [0.2, 0.25) is 0 Å². The molecule has 15 heavy (non-hydrogen) atoms. The second kappa shape index (κ2) is 5.49. The Morgan fingerprint density at radius 2 is 1.73 bits per heavy atom. The maximum atomic E-state index is 5.52. The number of nitrogens with two attached hydrogens (primary N) is 1. The zero-order valence-corrected chi connectivity index (χ0v) is 9.08. The number of hydrogen-bond donors (Lipinski definition) is 1. The fourth-order valence-electron chi connectivity index (χ4n) is 1.35. The summed E-state index contributed by atoms with van der Waals surface area (Å²) >= 11 is 0. The third-order valence-electron chi connectivity index (χ3n) is 2.15. The van der Waals surface area contributed by atoms with E-state index in [2.05, 4.69) is 4.98 Å². The number of hydrogen-bond acceptors (Lipinski definition) is 2. The Bertz CT molecular complexity index is 398. The molecule has 1 aromatic carbocycles. The third-order valence-corrected chi connectivity index (χ3v) is 2.15. The van der Waals surface area contributed by atoms with Gasteiger partial charge < -0.3 is 5.73 Å². The highest BCUT2D eigenvalue weighted by Gasteiger charge is 1.96. The van der Waals surface area contributed by atoms with Crippen molar-refractivity contribution in [2.24, 2.45) is 5.73 Å². The average molecular weight is 221 g/mol. The lowest BCUT2D eigenvalue weighted by molar-refractivity contribution is 1.07. The monoisotopic (exact) mass is 220 g/mol. The maximum absolute atomic E-state index is 5.52. The van der Waals surface area contributed by atoms with Crippen LogP contribution in [-0.4, -0.2) is 4.98 Å². The van der Waals surface area contributed by atoms with E-state index in [-0.39, 0.29) is 12.4 Å². The van der Waals surface area contributed by atoms with Gasteiger partial charge in [0.2, 0.25) is 0 Å². The SMILES string of the molecule is Cl.NCc1ccc(-c2ccccn2)cc1. The minimum absolute atomic E-state index is 0. The quantitative estimate of drug-likeness (QED) is 0.845. The Hall–Kier alpha value is -1.38. The van der Waals surface area contributed by atoms with Crippen LogP contribution in [0.4, 0.5) is 0 Å². The number of nitrogens with zero attached hydrogens (tertiary/aromatic N) is 1. The molecular weight excluding hydrogens is 208 g/mol. The van der Waals surface area contributed by atoms with Crippen molar-refractivity contribution < 1.29 is 0 Å². The molecule has 2 nitrogen and oxygen atoms in total. The van der Waals surface area contributed by atoms with Gasteiger partial charge in [0.25, 0.3) is 0 Å². The summed E-state index contributed by atoms with van der Waals surface area (Å²) in [6.45, 7) is 0.586. The molecule has 0 saturated carbocycles. The number of rotatable bonds is 2. The van der Waals surface area contributed by atoms with E-state index in [0.29, 0.717) is 6.54 Å². The van der Waals surface area contributed by atoms with E-state index in [1.807, 2.05) is 42.5 Å². The van der Waals surface area contributed by atoms with Crippen LogP contribution in [0.1, 0.15) is 5.56 Å². The van der Waals surface area contributed by atoms with Crippen molar-refractivity contribution in [3.63, 3.8) is 0 Å². The minimum atomic E-state index is 0. The normalized spacial score (nSPS) is 9.40. The Morgan fingerprint density at radius 1 is 1.00 bits per heavy atom. The van der Waals surface area contributed by atoms with E-state index in [4.69, 9.17) is 5.73 Å². The van der Waals surface area contributed by atoms with Crippen LogP contribution in [0.25, 0.3) is 11.3 Å². The van der Waals surface area contributed by atoms with Crippen molar-refractivity contribution >= 4 is 12.4 Å². The third kappa shape index (κ3) is 2.78. The van der Waals surface area contributed by atoms with Crippen LogP contribution in [-0.2, 0) is 6.54 Å². The molecule has 0 fully saturated rings. The molecule has 2 N–H and O–H groups in total. The van der Waals surface area contributed by atoms with Crippen LogP contribution in [0.3, 0.4) is 0 Å². The fourth-order valence-corrected chi connectivity index (χ4v) is 1.35. The van der Waals surface area contributed by atoms with Crippen LogP contribution >= 0.6 is 12.4 Å². The standard InChI is InChI=1S/C12H12N2.ClH/c13-9-10-4-6-11(7-5-10)12-3-1-2-8-14-12;/h1-8H,9,13H2;1H. The van der Waals surface area contributed by atoms with Crippen molar-refractivity contribution in [2.75, 3.05) is 0 Å². The first-order chi connectivity index (χ1) is 6.90. The first-order valence-electron chi connectivity index (χ1n) is 4.60. The zero-order valence-electron chi connectivity index (χ0n) is 8.26. The van der Waals surface area contributed by atoms with Crippen LogP contribution in [0, 0.1) is 0 Å². The highest BCUT2D eigenvalue weighted by atomic mass is 35.5. The molecule has 0 saturated heterocycles. The van der Waals surface area contributed by atoms with Crippen molar-refractivity contribution in [3.05, 3.63) is 54.2 Å². The summed E-state index contributed by atoms with van der Waals surface area (Å²) in [4.78, 5) is 4.27. The highest BCUT2D eigenvalue weighted by Crippen LogP contribution is 2.16. The van der Waals surface area contributed by atoms with Gasteiger partial charge >= 0.3 is 0 Å². The molecule has 0 unspecified atom stereocenters. The Balaban J connectivity index is 0.00000112. The topological polar surface area (TPSA) is 38.9 Å². The molecule has 0 amide bonds. The van der Waals surface area contributed by atoms with E-state index >= 15 is 0 Å². The van der Waals surface area contributed by atoms with Crippen molar-refractivity contribution in [2.45, 2.75) is 6.54 Å². The fraction of sp³-hybridized carbons (Fsp3) is 0.0833. The van der Waals surface area contributed by atoms with Crippen LogP contribution in [0.15, 0.2) is 48.7 Å². The van der Waals surface area contributed by atoms with Gasteiger partial charge in [-0.1, -0.05) is 30.3 Å². The van der Waals surface area contributed by atoms with Gasteiger partial charge in [0.1, 0.15) is 0 Å². The van der Waals surface area contributed by atoms with Gasteiger partial charge in [-0.25, -0.2) is 0 Å². The summed E-state index contributed by atoms with van der Waals surface area (Å²) in [5.41, 5.74) is 8.79. The molecule has 1 heterocycles. The molecule has 0 radical (unpaired) electrons. The van der Waals surface area contributed by atoms with Gasteiger partial charge in [0, 0.05) is 18.3 Å². The molecule has 78 valence electrons. The summed E-state index contributed by atoms with van der Waals surface area (Å²) in [5.74, 6) is 0. The first-order valence-corrected chi connectivity index (χ1v) is 4.60. The molecule has 2 aromatic rings. The van der Waals surface area contributed by atoms with Gasteiger partial charge in [0.05, 0.1) is 5.69 Å². The lowest BCUT2D eigenvalue weighted by atomic mass is 10.1. The maximum Gasteiger partial charge on any atom is 0.0701 e. The Labute approximate surface area is 95.6 Å². The second-order valence-corrected chi connectivity index (χ2v) is 3.12. The van der Waals surface area contributed by atoms with E-state index in [9.17, 15) is 0 Å². The lowest BCUT2D eigenvalue weighted by Crippen LogP contribution is -1.95. The average Bonchev–Trinajstić information content (AvgIpc) is 2.30. The van der Waals surface area contributed by atoms with Gasteiger partial charge in [-0.3, -0.25) is 4.98 Å². The second-order valence-electron chi connectivity index (χ2n) is 3.12. The number of benzene rings is 1. The smallest absolute Gasteiger partial charge is 0.0701 e. The molecule has 0 bridgehead atoms. The number of pyridine rings is 1. The predicted octanol–water partition coefficient (Wildman–Crippen LogP) is 2.63. The zero-order chi connectivity index (χ0) is 9.80. The molecule has 0 aliphatic rings. The minimum Gasteiger partial charge on any atom is -0.326 e.